The van der Waals surface area contributed by atoms with Crippen LogP contribution < -0.4 is 0 Å². The van der Waals surface area contributed by atoms with Crippen LogP contribution in [0.2, 0.25) is 0 Å². The number of hydrogen-bond donors (Lipinski definition) is 0. The second-order valence-corrected chi connectivity index (χ2v) is 6.75. The second kappa shape index (κ2) is 4.73. The van der Waals surface area contributed by atoms with Gasteiger partial charge in [-0.1, -0.05) is 6.07 Å². The summed E-state index contributed by atoms with van der Waals surface area (Å²) in [7, 11) is -3.50. The molecule has 102 valence electrons. The first-order valence-corrected chi connectivity index (χ1v) is 7.68. The highest BCUT2D eigenvalue weighted by atomic mass is 32.2. The molecular formula is C12H13NO5S. The fourth-order valence-corrected chi connectivity index (χ4v) is 2.47. The fourth-order valence-electron chi connectivity index (χ4n) is 1.83. The monoisotopic (exact) mass is 283 g/mol. The van der Waals surface area contributed by atoms with Crippen LogP contribution in [0.15, 0.2) is 23.1 Å². The Kier molecular flexibility index (Phi) is 3.40. The van der Waals surface area contributed by atoms with Gasteiger partial charge < -0.3 is 0 Å². The zero-order valence-electron chi connectivity index (χ0n) is 10.3. The highest BCUT2D eigenvalue weighted by Gasteiger charge is 2.31. The molecule has 6 nitrogen and oxygen atoms in total. The fraction of sp³-hybridized carbons (Fsp3) is 0.417. The smallest absolute Gasteiger partial charge is 0.274 e. The molecule has 0 bridgehead atoms. The van der Waals surface area contributed by atoms with Crippen LogP contribution in [-0.2, 0) is 21.1 Å². The Morgan fingerprint density at radius 3 is 2.53 bits per heavy atom. The molecule has 1 aromatic rings. The Morgan fingerprint density at radius 1 is 1.42 bits per heavy atom. The minimum Gasteiger partial charge on any atom is -0.299 e. The molecule has 7 heteroatoms. The van der Waals surface area contributed by atoms with E-state index in [0.717, 1.165) is 25.2 Å². The Balaban J connectivity index is 2.37. The van der Waals surface area contributed by atoms with Gasteiger partial charge in [0.05, 0.1) is 9.82 Å². The maximum atomic E-state index is 11.7. The van der Waals surface area contributed by atoms with E-state index in [1.807, 2.05) is 0 Å². The minimum absolute atomic E-state index is 0.00891. The summed E-state index contributed by atoms with van der Waals surface area (Å²) in [6.07, 6.45) is 2.66. The first kappa shape index (κ1) is 13.7. The largest absolute Gasteiger partial charge is 0.299 e. The first-order chi connectivity index (χ1) is 8.79. The summed E-state index contributed by atoms with van der Waals surface area (Å²) in [5, 5.41) is 11.0. The molecule has 0 heterocycles. The number of nitrogens with zero attached hydrogens (tertiary/aromatic N) is 1. The number of nitro groups is 1. The van der Waals surface area contributed by atoms with E-state index in [2.05, 4.69) is 0 Å². The van der Waals surface area contributed by atoms with E-state index in [1.54, 1.807) is 0 Å². The molecule has 1 aliphatic carbocycles. The zero-order valence-corrected chi connectivity index (χ0v) is 11.1. The van der Waals surface area contributed by atoms with Crippen molar-refractivity contribution in [3.63, 3.8) is 0 Å². The van der Waals surface area contributed by atoms with Crippen LogP contribution in [0.25, 0.3) is 0 Å². The van der Waals surface area contributed by atoms with Gasteiger partial charge in [0.25, 0.3) is 5.69 Å². The molecular weight excluding hydrogens is 270 g/mol. The third kappa shape index (κ3) is 3.17. The average Bonchev–Trinajstić information content (AvgIpc) is 3.11. The second-order valence-electron chi connectivity index (χ2n) is 4.74. The van der Waals surface area contributed by atoms with Crippen LogP contribution in [0.5, 0.6) is 0 Å². The molecule has 1 aliphatic rings. The quantitative estimate of drug-likeness (QED) is 0.603. The molecule has 0 unspecified atom stereocenters. The summed E-state index contributed by atoms with van der Waals surface area (Å²) in [5.41, 5.74) is -0.0359. The van der Waals surface area contributed by atoms with Gasteiger partial charge in [-0.15, -0.1) is 0 Å². The summed E-state index contributed by atoms with van der Waals surface area (Å²) in [6, 6.07) is 3.68. The van der Waals surface area contributed by atoms with Gasteiger partial charge in [0, 0.05) is 30.2 Å². The van der Waals surface area contributed by atoms with E-state index in [1.165, 1.54) is 12.1 Å². The molecule has 19 heavy (non-hydrogen) atoms. The van der Waals surface area contributed by atoms with Crippen molar-refractivity contribution in [1.82, 2.24) is 0 Å². The van der Waals surface area contributed by atoms with Crippen LogP contribution in [0.3, 0.4) is 0 Å². The van der Waals surface area contributed by atoms with E-state index >= 15 is 0 Å². The maximum absolute atomic E-state index is 11.7. The lowest BCUT2D eigenvalue weighted by Gasteiger charge is -2.04. The Labute approximate surface area is 110 Å². The van der Waals surface area contributed by atoms with E-state index in [9.17, 15) is 23.3 Å². The molecule has 0 N–H and O–H groups in total. The first-order valence-electron chi connectivity index (χ1n) is 5.79. The van der Waals surface area contributed by atoms with Crippen molar-refractivity contribution in [2.24, 2.45) is 5.92 Å². The summed E-state index contributed by atoms with van der Waals surface area (Å²) >= 11 is 0. The van der Waals surface area contributed by atoms with Crippen LogP contribution in [0.4, 0.5) is 5.69 Å². The lowest BCUT2D eigenvalue weighted by molar-refractivity contribution is -0.385. The number of carbonyl (C=O) groups is 1. The lowest BCUT2D eigenvalue weighted by atomic mass is 10.0. The predicted molar refractivity (Wildman–Crippen MR) is 67.6 cm³/mol. The van der Waals surface area contributed by atoms with Gasteiger partial charge in [-0.25, -0.2) is 8.42 Å². The van der Waals surface area contributed by atoms with E-state index in [4.69, 9.17) is 0 Å². The summed E-state index contributed by atoms with van der Waals surface area (Å²) < 4.78 is 22.7. The normalized spacial score (nSPS) is 15.2. The third-order valence-electron chi connectivity index (χ3n) is 3.08. The number of Topliss-reactive ketones (excluding diaryl/α,β-unsaturated/α-hetero) is 1. The van der Waals surface area contributed by atoms with Crippen molar-refractivity contribution in [2.45, 2.75) is 24.2 Å². The topological polar surface area (TPSA) is 94.3 Å². The highest BCUT2D eigenvalue weighted by Crippen LogP contribution is 2.32. The maximum Gasteiger partial charge on any atom is 0.274 e. The van der Waals surface area contributed by atoms with Gasteiger partial charge >= 0.3 is 0 Å². The molecule has 1 saturated carbocycles. The van der Waals surface area contributed by atoms with Crippen LogP contribution in [-0.4, -0.2) is 25.4 Å². The number of carbonyl (C=O) groups excluding carboxylic acids is 1. The lowest BCUT2D eigenvalue weighted by Crippen LogP contribution is -2.08. The number of rotatable bonds is 5. The molecule has 0 saturated heterocycles. The third-order valence-corrected chi connectivity index (χ3v) is 4.19. The van der Waals surface area contributed by atoms with E-state index in [0.29, 0.717) is 0 Å². The Morgan fingerprint density at radius 2 is 2.05 bits per heavy atom. The zero-order chi connectivity index (χ0) is 14.2. The molecule has 2 rings (SSSR count). The van der Waals surface area contributed by atoms with Crippen molar-refractivity contribution < 1.29 is 18.1 Å². The van der Waals surface area contributed by atoms with Crippen molar-refractivity contribution >= 4 is 21.3 Å². The van der Waals surface area contributed by atoms with Gasteiger partial charge in [-0.2, -0.15) is 0 Å². The van der Waals surface area contributed by atoms with Crippen LogP contribution >= 0.6 is 0 Å². The molecule has 0 radical (unpaired) electrons. The van der Waals surface area contributed by atoms with Crippen molar-refractivity contribution in [3.05, 3.63) is 33.9 Å². The van der Waals surface area contributed by atoms with Gasteiger partial charge in [0.1, 0.15) is 5.78 Å². The summed E-state index contributed by atoms with van der Waals surface area (Å²) in [5.74, 6) is 0.00407. The van der Waals surface area contributed by atoms with Crippen LogP contribution in [0, 0.1) is 16.0 Å². The summed E-state index contributed by atoms with van der Waals surface area (Å²) in [4.78, 5) is 21.9. The molecule has 0 aromatic heterocycles. The van der Waals surface area contributed by atoms with Gasteiger partial charge in [-0.05, 0) is 18.9 Å². The Hall–Kier alpha value is -1.76. The number of hydrogen-bond acceptors (Lipinski definition) is 5. The molecule has 0 aliphatic heterocycles. The predicted octanol–water partition coefficient (Wildman–Crippen LogP) is 1.52. The van der Waals surface area contributed by atoms with Crippen molar-refractivity contribution in [3.8, 4) is 0 Å². The minimum atomic E-state index is -3.50. The summed E-state index contributed by atoms with van der Waals surface area (Å²) in [6.45, 7) is 0. The number of sulfone groups is 1. The molecule has 1 aromatic carbocycles. The van der Waals surface area contributed by atoms with E-state index in [-0.39, 0.29) is 34.3 Å². The van der Waals surface area contributed by atoms with Crippen molar-refractivity contribution in [1.29, 1.82) is 0 Å². The number of benzene rings is 1. The van der Waals surface area contributed by atoms with Crippen molar-refractivity contribution in [2.75, 3.05) is 6.26 Å². The van der Waals surface area contributed by atoms with E-state index < -0.39 is 14.8 Å². The van der Waals surface area contributed by atoms with Crippen LogP contribution in [0.1, 0.15) is 18.4 Å². The number of ketones is 1. The molecule has 0 atom stereocenters. The molecule has 1 fully saturated rings. The SMILES string of the molecule is CS(=O)(=O)c1ccc(CC(=O)C2CC2)c([N+](=O)[O-])c1. The van der Waals surface area contributed by atoms with Gasteiger partial charge in [0.15, 0.2) is 9.84 Å². The Bertz CT molecular complexity index is 646. The molecule has 0 amide bonds. The van der Waals surface area contributed by atoms with Gasteiger partial charge in [-0.3, -0.25) is 14.9 Å². The number of nitro benzene ring substituents is 1. The van der Waals surface area contributed by atoms with Gasteiger partial charge in [0.2, 0.25) is 0 Å². The standard InChI is InChI=1S/C12H13NO5S/c1-19(17,18)10-5-4-9(11(7-10)13(15)16)6-12(14)8-2-3-8/h4-5,7-8H,2-3,6H2,1H3. The highest BCUT2D eigenvalue weighted by molar-refractivity contribution is 7.90. The average molecular weight is 283 g/mol. The molecule has 0 spiro atoms.